The van der Waals surface area contributed by atoms with Crippen LogP contribution in [0, 0.1) is 0 Å². The second-order valence-electron chi connectivity index (χ2n) is 3.66. The lowest BCUT2D eigenvalue weighted by Crippen LogP contribution is -2.54. The molecule has 1 saturated heterocycles. The van der Waals surface area contributed by atoms with Crippen LogP contribution in [0.25, 0.3) is 0 Å². The summed E-state index contributed by atoms with van der Waals surface area (Å²) in [5, 5.41) is 0. The first-order valence-corrected chi connectivity index (χ1v) is 4.44. The fourth-order valence-corrected chi connectivity index (χ4v) is 1.29. The zero-order valence-electron chi connectivity index (χ0n) is 7.31. The predicted molar refractivity (Wildman–Crippen MR) is 50.3 cm³/mol. The summed E-state index contributed by atoms with van der Waals surface area (Å²) in [5.41, 5.74) is -0.529. The molecule has 66 valence electrons. The molecule has 1 heterocycles. The minimum Gasteiger partial charge on any atom is -0.302 e. The van der Waals surface area contributed by atoms with Gasteiger partial charge in [0.2, 0.25) is 0 Å². The molecule has 0 atom stereocenters. The summed E-state index contributed by atoms with van der Waals surface area (Å²) in [5.74, 6) is 0. The number of hydrogen-bond acceptors (Lipinski definition) is 2. The summed E-state index contributed by atoms with van der Waals surface area (Å²) in [7, 11) is 0. The van der Waals surface area contributed by atoms with Crippen molar-refractivity contribution in [3.63, 3.8) is 0 Å². The van der Waals surface area contributed by atoms with E-state index in [4.69, 9.17) is 9.62 Å². The van der Waals surface area contributed by atoms with Crippen molar-refractivity contribution in [3.05, 3.63) is 0 Å². The Hall–Kier alpha value is 0.610. The van der Waals surface area contributed by atoms with Gasteiger partial charge in [0.15, 0.2) is 5.60 Å². The van der Waals surface area contributed by atoms with Gasteiger partial charge in [-0.05, 0) is 27.7 Å². The first-order chi connectivity index (χ1) is 4.85. The normalized spacial score (nSPS) is 30.3. The standard InChI is InChI=1S/C7H14IO3/c1-6(2)7(3,4)10-11(8)5-9-6/h5H2,1-4H3/q+1. The largest absolute Gasteiger partial charge is 0.449 e. The molecule has 0 unspecified atom stereocenters. The average Bonchev–Trinajstić information content (AvgIpc) is 1.80. The minimum atomic E-state index is -0.295. The monoisotopic (exact) mass is 273 g/mol. The highest BCUT2D eigenvalue weighted by Gasteiger charge is 2.49. The molecule has 0 aromatic heterocycles. The van der Waals surface area contributed by atoms with Crippen LogP contribution in [0.1, 0.15) is 27.7 Å². The summed E-state index contributed by atoms with van der Waals surface area (Å²) in [4.78, 5) is 5.50. The van der Waals surface area contributed by atoms with Crippen molar-refractivity contribution in [2.75, 3.05) is 6.79 Å². The highest BCUT2D eigenvalue weighted by atomic mass is 127. The highest BCUT2D eigenvalue weighted by molar-refractivity contribution is 14.1. The Morgan fingerprint density at radius 3 is 2.09 bits per heavy atom. The van der Waals surface area contributed by atoms with Gasteiger partial charge in [0.25, 0.3) is 0 Å². The lowest BCUT2D eigenvalue weighted by Gasteiger charge is -2.41. The van der Waals surface area contributed by atoms with E-state index >= 15 is 0 Å². The van der Waals surface area contributed by atoms with Crippen molar-refractivity contribution in [1.29, 1.82) is 0 Å². The van der Waals surface area contributed by atoms with Gasteiger partial charge in [-0.15, -0.1) is 0 Å². The summed E-state index contributed by atoms with van der Waals surface area (Å²) in [6, 6.07) is 0. The summed E-state index contributed by atoms with van der Waals surface area (Å²) >= 11 is 2.00. The van der Waals surface area contributed by atoms with Crippen molar-refractivity contribution in [1.82, 2.24) is 0 Å². The lowest BCUT2D eigenvalue weighted by atomic mass is 9.89. The van der Waals surface area contributed by atoms with Crippen molar-refractivity contribution < 1.29 is 12.5 Å². The third-order valence-electron chi connectivity index (χ3n) is 2.26. The van der Waals surface area contributed by atoms with E-state index in [1.165, 1.54) is 0 Å². The van der Waals surface area contributed by atoms with E-state index < -0.39 is 0 Å². The summed E-state index contributed by atoms with van der Waals surface area (Å²) in [6.45, 7) is 8.50. The van der Waals surface area contributed by atoms with Crippen LogP contribution in [0.4, 0.5) is 0 Å². The number of rotatable bonds is 0. The quantitative estimate of drug-likeness (QED) is 0.384. The third-order valence-corrected chi connectivity index (χ3v) is 2.70. The van der Waals surface area contributed by atoms with Crippen LogP contribution in [-0.2, 0) is 12.5 Å². The van der Waals surface area contributed by atoms with Crippen LogP contribution < -0.4 is 0 Å². The fourth-order valence-electron chi connectivity index (χ4n) is 0.718. The van der Waals surface area contributed by atoms with Crippen LogP contribution >= 0.6 is 23.0 Å². The Bertz CT molecular complexity index is 156. The van der Waals surface area contributed by atoms with Crippen molar-refractivity contribution in [2.45, 2.75) is 38.9 Å². The molecular weight excluding hydrogens is 259 g/mol. The second-order valence-corrected chi connectivity index (χ2v) is 4.64. The van der Waals surface area contributed by atoms with E-state index in [2.05, 4.69) is 2.85 Å². The molecule has 0 aromatic rings. The molecule has 4 heteroatoms. The van der Waals surface area contributed by atoms with Crippen LogP contribution in [0.15, 0.2) is 0 Å². The van der Waals surface area contributed by atoms with Crippen molar-refractivity contribution >= 4 is 23.0 Å². The Kier molecular flexibility index (Phi) is 2.49. The van der Waals surface area contributed by atoms with Crippen LogP contribution in [0.2, 0.25) is 0 Å². The molecule has 0 spiro atoms. The van der Waals surface area contributed by atoms with E-state index in [9.17, 15) is 0 Å². The first kappa shape index (κ1) is 9.70. The zero-order valence-corrected chi connectivity index (χ0v) is 9.47. The molecule has 0 N–H and O–H groups in total. The molecule has 0 bridgehead atoms. The highest BCUT2D eigenvalue weighted by Crippen LogP contribution is 2.37. The smallest absolute Gasteiger partial charge is 0.302 e. The van der Waals surface area contributed by atoms with Gasteiger partial charge < -0.3 is 4.74 Å². The summed E-state index contributed by atoms with van der Waals surface area (Å²) in [6.07, 6.45) is 0. The number of ether oxygens (including phenoxy) is 1. The lowest BCUT2D eigenvalue weighted by molar-refractivity contribution is -0.485. The third kappa shape index (κ3) is 1.85. The molecule has 1 aliphatic rings. The molecule has 11 heavy (non-hydrogen) atoms. The topological polar surface area (TPSA) is 21.2 Å². The fraction of sp³-hybridized carbons (Fsp3) is 1.00. The Balaban J connectivity index is 2.72. The van der Waals surface area contributed by atoms with Gasteiger partial charge >= 0.3 is 29.8 Å². The maximum absolute atomic E-state index is 5.55. The molecule has 1 rings (SSSR count). The van der Waals surface area contributed by atoms with Crippen LogP contribution in [0.5, 0.6) is 0 Å². The average molecular weight is 273 g/mol. The molecule has 0 aliphatic carbocycles. The SMILES string of the molecule is CC1(C)OC[O+](I)OC1(C)C. The van der Waals surface area contributed by atoms with Crippen molar-refractivity contribution in [2.24, 2.45) is 0 Å². The minimum absolute atomic E-state index is 0.234. The van der Waals surface area contributed by atoms with E-state index in [0.717, 1.165) is 0 Å². The molecular formula is C7H14IO3+. The van der Waals surface area contributed by atoms with Crippen LogP contribution in [-0.4, -0.2) is 18.0 Å². The van der Waals surface area contributed by atoms with E-state index in [0.29, 0.717) is 6.79 Å². The molecule has 0 aromatic carbocycles. The van der Waals surface area contributed by atoms with Gasteiger partial charge in [-0.1, -0.05) is 4.89 Å². The molecule has 0 radical (unpaired) electrons. The van der Waals surface area contributed by atoms with E-state index in [1.54, 1.807) is 0 Å². The maximum atomic E-state index is 5.55. The molecule has 1 aliphatic heterocycles. The predicted octanol–water partition coefficient (Wildman–Crippen LogP) is 2.37. The van der Waals surface area contributed by atoms with Gasteiger partial charge in [0.1, 0.15) is 5.60 Å². The van der Waals surface area contributed by atoms with Crippen LogP contribution in [0.3, 0.4) is 0 Å². The molecule has 0 saturated carbocycles. The van der Waals surface area contributed by atoms with Gasteiger partial charge in [-0.3, -0.25) is 0 Å². The molecule has 0 amide bonds. The second kappa shape index (κ2) is 2.83. The Labute approximate surface area is 81.3 Å². The Morgan fingerprint density at radius 1 is 1.18 bits per heavy atom. The number of hydrogen-bond donors (Lipinski definition) is 0. The van der Waals surface area contributed by atoms with E-state index in [1.807, 2.05) is 50.7 Å². The van der Waals surface area contributed by atoms with Crippen molar-refractivity contribution in [3.8, 4) is 0 Å². The van der Waals surface area contributed by atoms with Gasteiger partial charge in [-0.25, -0.2) is 0 Å². The van der Waals surface area contributed by atoms with Gasteiger partial charge in [-0.2, -0.15) is 2.85 Å². The Morgan fingerprint density at radius 2 is 1.73 bits per heavy atom. The van der Waals surface area contributed by atoms with Gasteiger partial charge in [0, 0.05) is 0 Å². The number of halogens is 1. The maximum Gasteiger partial charge on any atom is 0.449 e. The molecule has 1 fully saturated rings. The van der Waals surface area contributed by atoms with Gasteiger partial charge in [0.05, 0.1) is 0 Å². The first-order valence-electron chi connectivity index (χ1n) is 3.56. The molecule has 3 nitrogen and oxygen atoms in total. The summed E-state index contributed by atoms with van der Waals surface area (Å²) < 4.78 is 7.98. The van der Waals surface area contributed by atoms with E-state index in [-0.39, 0.29) is 11.2 Å². The zero-order chi connectivity index (χ0) is 8.70.